The molecule has 2 aromatic carbocycles. The minimum absolute atomic E-state index is 0.0512. The standard InChI is InChI=1S/C26H32N2O5/c1-6-14-33-19-9-7-8-18(16-19)23-22(25(30)26(31)28(23)13-12-27(3)4)24(29)20-15-17(2)10-11-21(20)32-5/h7-11,15-16,23,29H,6,12-14H2,1-5H3/b24-22+. The second kappa shape index (κ2) is 10.5. The Morgan fingerprint density at radius 3 is 2.58 bits per heavy atom. The quantitative estimate of drug-likeness (QED) is 0.354. The van der Waals surface area contributed by atoms with Crippen LogP contribution in [-0.2, 0) is 9.59 Å². The molecule has 0 bridgehead atoms. The summed E-state index contributed by atoms with van der Waals surface area (Å²) in [4.78, 5) is 29.7. The van der Waals surface area contributed by atoms with Crippen LogP contribution in [0.2, 0.25) is 0 Å². The summed E-state index contributed by atoms with van der Waals surface area (Å²) in [6, 6.07) is 12.0. The minimum atomic E-state index is -0.736. The number of carbonyl (C=O) groups is 2. The molecule has 1 aliphatic rings. The lowest BCUT2D eigenvalue weighted by Crippen LogP contribution is -2.35. The molecule has 33 heavy (non-hydrogen) atoms. The number of aryl methyl sites for hydroxylation is 1. The third-order valence-corrected chi connectivity index (χ3v) is 5.58. The van der Waals surface area contributed by atoms with Gasteiger partial charge in [0.15, 0.2) is 0 Å². The van der Waals surface area contributed by atoms with Crippen LogP contribution in [0.25, 0.3) is 5.76 Å². The van der Waals surface area contributed by atoms with Gasteiger partial charge >= 0.3 is 0 Å². The Kier molecular flexibility index (Phi) is 7.76. The Morgan fingerprint density at radius 1 is 1.15 bits per heavy atom. The topological polar surface area (TPSA) is 79.3 Å². The molecule has 1 heterocycles. The second-order valence-corrected chi connectivity index (χ2v) is 8.42. The number of Topliss-reactive ketones (excluding diaryl/α,β-unsaturated/α-hetero) is 1. The predicted octanol–water partition coefficient (Wildman–Crippen LogP) is 3.78. The maximum absolute atomic E-state index is 13.2. The lowest BCUT2D eigenvalue weighted by atomic mass is 9.94. The van der Waals surface area contributed by atoms with E-state index in [0.717, 1.165) is 12.0 Å². The van der Waals surface area contributed by atoms with Gasteiger partial charge in [0.25, 0.3) is 11.7 Å². The third kappa shape index (κ3) is 5.20. The van der Waals surface area contributed by atoms with Crippen LogP contribution in [-0.4, -0.2) is 67.5 Å². The Hall–Kier alpha value is -3.32. The van der Waals surface area contributed by atoms with Crippen LogP contribution in [0.1, 0.15) is 36.1 Å². The van der Waals surface area contributed by atoms with E-state index in [1.54, 1.807) is 12.1 Å². The molecule has 3 rings (SSSR count). The number of likely N-dealkylation sites (tertiary alicyclic amines) is 1. The van der Waals surface area contributed by atoms with E-state index < -0.39 is 17.7 Å². The van der Waals surface area contributed by atoms with E-state index in [1.807, 2.05) is 63.2 Å². The average Bonchev–Trinajstić information content (AvgIpc) is 3.05. The van der Waals surface area contributed by atoms with E-state index in [-0.39, 0.29) is 11.3 Å². The number of amides is 1. The molecule has 0 saturated carbocycles. The molecule has 1 aliphatic heterocycles. The monoisotopic (exact) mass is 452 g/mol. The predicted molar refractivity (Wildman–Crippen MR) is 128 cm³/mol. The fourth-order valence-electron chi connectivity index (χ4n) is 3.91. The number of aliphatic hydroxyl groups excluding tert-OH is 1. The highest BCUT2D eigenvalue weighted by atomic mass is 16.5. The number of carbonyl (C=O) groups excluding carboxylic acids is 2. The summed E-state index contributed by atoms with van der Waals surface area (Å²) in [6.07, 6.45) is 0.860. The Bertz CT molecular complexity index is 1060. The highest BCUT2D eigenvalue weighted by Gasteiger charge is 2.46. The zero-order valence-electron chi connectivity index (χ0n) is 19.9. The molecule has 0 aliphatic carbocycles. The van der Waals surface area contributed by atoms with Crippen molar-refractivity contribution in [2.75, 3.05) is 40.9 Å². The molecule has 1 amide bonds. The highest BCUT2D eigenvalue weighted by molar-refractivity contribution is 6.46. The van der Waals surface area contributed by atoms with Gasteiger partial charge in [-0.25, -0.2) is 0 Å². The van der Waals surface area contributed by atoms with Gasteiger partial charge in [0, 0.05) is 13.1 Å². The largest absolute Gasteiger partial charge is 0.507 e. The van der Waals surface area contributed by atoms with Crippen LogP contribution in [0, 0.1) is 6.92 Å². The third-order valence-electron chi connectivity index (χ3n) is 5.58. The van der Waals surface area contributed by atoms with Crippen molar-refractivity contribution in [3.05, 3.63) is 64.7 Å². The van der Waals surface area contributed by atoms with Gasteiger partial charge in [0.1, 0.15) is 17.3 Å². The molecule has 1 fully saturated rings. The molecule has 1 N–H and O–H groups in total. The summed E-state index contributed by atoms with van der Waals surface area (Å²) in [5.74, 6) is -0.502. The van der Waals surface area contributed by atoms with Crippen LogP contribution >= 0.6 is 0 Å². The van der Waals surface area contributed by atoms with Crippen molar-refractivity contribution in [2.24, 2.45) is 0 Å². The number of benzene rings is 2. The first-order chi connectivity index (χ1) is 15.8. The van der Waals surface area contributed by atoms with E-state index in [2.05, 4.69) is 0 Å². The van der Waals surface area contributed by atoms with Crippen LogP contribution in [0.3, 0.4) is 0 Å². The van der Waals surface area contributed by atoms with Gasteiger partial charge in [-0.2, -0.15) is 0 Å². The van der Waals surface area contributed by atoms with Crippen molar-refractivity contribution >= 4 is 17.4 Å². The van der Waals surface area contributed by atoms with Crippen molar-refractivity contribution in [2.45, 2.75) is 26.3 Å². The van der Waals surface area contributed by atoms with Gasteiger partial charge in [-0.05, 0) is 57.3 Å². The zero-order valence-corrected chi connectivity index (χ0v) is 19.9. The normalized spacial score (nSPS) is 17.6. The lowest BCUT2D eigenvalue weighted by molar-refractivity contribution is -0.140. The highest BCUT2D eigenvalue weighted by Crippen LogP contribution is 2.41. The van der Waals surface area contributed by atoms with Crippen molar-refractivity contribution < 1.29 is 24.2 Å². The first-order valence-electron chi connectivity index (χ1n) is 11.1. The van der Waals surface area contributed by atoms with Crippen LogP contribution < -0.4 is 9.47 Å². The molecule has 7 nitrogen and oxygen atoms in total. The van der Waals surface area contributed by atoms with Crippen molar-refractivity contribution in [3.63, 3.8) is 0 Å². The first kappa shape index (κ1) is 24.3. The molecule has 0 spiro atoms. The van der Waals surface area contributed by atoms with Crippen LogP contribution in [0.15, 0.2) is 48.0 Å². The Labute approximate surface area is 195 Å². The first-order valence-corrected chi connectivity index (χ1v) is 11.1. The van der Waals surface area contributed by atoms with Gasteiger partial charge in [0.2, 0.25) is 0 Å². The van der Waals surface area contributed by atoms with Gasteiger partial charge in [-0.15, -0.1) is 0 Å². The number of hydrogen-bond donors (Lipinski definition) is 1. The fourth-order valence-corrected chi connectivity index (χ4v) is 3.91. The SMILES string of the molecule is CCCOc1cccc(C2/C(=C(\O)c3cc(C)ccc3OC)C(=O)C(=O)N2CCN(C)C)c1. The number of aliphatic hydroxyl groups is 1. The molecule has 7 heteroatoms. The average molecular weight is 453 g/mol. The lowest BCUT2D eigenvalue weighted by Gasteiger charge is -2.27. The zero-order chi connectivity index (χ0) is 24.1. The minimum Gasteiger partial charge on any atom is -0.507 e. The number of ether oxygens (including phenoxy) is 2. The molecule has 1 saturated heterocycles. The fraction of sp³-hybridized carbons (Fsp3) is 0.385. The summed E-state index contributed by atoms with van der Waals surface area (Å²) in [5, 5.41) is 11.3. The van der Waals surface area contributed by atoms with Crippen LogP contribution in [0.5, 0.6) is 11.5 Å². The maximum atomic E-state index is 13.2. The molecule has 1 atom stereocenters. The molecular formula is C26H32N2O5. The van der Waals surface area contributed by atoms with Crippen LogP contribution in [0.4, 0.5) is 0 Å². The summed E-state index contributed by atoms with van der Waals surface area (Å²) >= 11 is 0. The number of rotatable bonds is 9. The van der Waals surface area contributed by atoms with Gasteiger partial charge < -0.3 is 24.4 Å². The number of methoxy groups -OCH3 is 1. The summed E-state index contributed by atoms with van der Waals surface area (Å²) in [5.41, 5.74) is 2.03. The van der Waals surface area contributed by atoms with Gasteiger partial charge in [-0.1, -0.05) is 30.7 Å². The maximum Gasteiger partial charge on any atom is 0.295 e. The van der Waals surface area contributed by atoms with E-state index in [0.29, 0.717) is 42.3 Å². The van der Waals surface area contributed by atoms with E-state index >= 15 is 0 Å². The molecule has 1 unspecified atom stereocenters. The number of ketones is 1. The summed E-state index contributed by atoms with van der Waals surface area (Å²) in [7, 11) is 5.31. The van der Waals surface area contributed by atoms with E-state index in [1.165, 1.54) is 12.0 Å². The molecule has 2 aromatic rings. The summed E-state index contributed by atoms with van der Waals surface area (Å²) in [6.45, 7) is 5.38. The molecule has 176 valence electrons. The Morgan fingerprint density at radius 2 is 1.91 bits per heavy atom. The van der Waals surface area contributed by atoms with Crippen molar-refractivity contribution in [1.82, 2.24) is 9.80 Å². The number of nitrogens with zero attached hydrogens (tertiary/aromatic N) is 2. The molecular weight excluding hydrogens is 420 g/mol. The molecule has 0 aromatic heterocycles. The number of hydrogen-bond acceptors (Lipinski definition) is 6. The van der Waals surface area contributed by atoms with Crippen molar-refractivity contribution in [3.8, 4) is 11.5 Å². The second-order valence-electron chi connectivity index (χ2n) is 8.42. The summed E-state index contributed by atoms with van der Waals surface area (Å²) < 4.78 is 11.2. The smallest absolute Gasteiger partial charge is 0.295 e. The van der Waals surface area contributed by atoms with Gasteiger partial charge in [-0.3, -0.25) is 9.59 Å². The van der Waals surface area contributed by atoms with Gasteiger partial charge in [0.05, 0.1) is 30.9 Å². The number of likely N-dealkylation sites (N-methyl/N-ethyl adjacent to an activating group) is 1. The van der Waals surface area contributed by atoms with Crippen molar-refractivity contribution in [1.29, 1.82) is 0 Å². The molecule has 0 radical (unpaired) electrons. The van der Waals surface area contributed by atoms with E-state index in [4.69, 9.17) is 9.47 Å². The Balaban J connectivity index is 2.18. The van der Waals surface area contributed by atoms with E-state index in [9.17, 15) is 14.7 Å².